The number of rotatable bonds is 3. The number of fused-ring (bicyclic) bond motifs is 1. The minimum Gasteiger partial charge on any atom is -0.281 e. The SMILES string of the molecule is C=CC=NC1(C)C(=C)C1(C)c1ccc(C(C)(C)C)c2ccccc12. The quantitative estimate of drug-likeness (QED) is 0.488. The van der Waals surface area contributed by atoms with Gasteiger partial charge in [-0.25, -0.2) is 0 Å². The maximum atomic E-state index is 4.73. The van der Waals surface area contributed by atoms with Crippen molar-refractivity contribution in [3.63, 3.8) is 0 Å². The molecule has 2 unspecified atom stereocenters. The predicted octanol–water partition coefficient (Wildman–Crippen LogP) is 5.98. The van der Waals surface area contributed by atoms with Crippen molar-refractivity contribution in [2.45, 2.75) is 51.0 Å². The van der Waals surface area contributed by atoms with E-state index >= 15 is 0 Å². The lowest BCUT2D eigenvalue weighted by Crippen LogP contribution is -2.18. The summed E-state index contributed by atoms with van der Waals surface area (Å²) in [7, 11) is 0. The molecular formula is C23H27N. The van der Waals surface area contributed by atoms with Gasteiger partial charge in [0.05, 0.1) is 5.54 Å². The van der Waals surface area contributed by atoms with E-state index in [-0.39, 0.29) is 16.4 Å². The van der Waals surface area contributed by atoms with Crippen LogP contribution in [-0.4, -0.2) is 11.8 Å². The molecule has 0 aromatic heterocycles. The molecular weight excluding hydrogens is 290 g/mol. The van der Waals surface area contributed by atoms with E-state index in [0.29, 0.717) is 0 Å². The number of aliphatic imine (C=N–C) groups is 1. The Hall–Kier alpha value is -2.15. The Morgan fingerprint density at radius 1 is 1.00 bits per heavy atom. The summed E-state index contributed by atoms with van der Waals surface area (Å²) < 4.78 is 0. The average Bonchev–Trinajstić information content (AvgIpc) is 2.98. The Kier molecular flexibility index (Phi) is 3.60. The third kappa shape index (κ3) is 2.11. The zero-order valence-electron chi connectivity index (χ0n) is 15.5. The van der Waals surface area contributed by atoms with Crippen LogP contribution < -0.4 is 0 Å². The van der Waals surface area contributed by atoms with Crippen molar-refractivity contribution in [1.82, 2.24) is 0 Å². The van der Waals surface area contributed by atoms with Crippen LogP contribution in [-0.2, 0) is 10.8 Å². The van der Waals surface area contributed by atoms with E-state index < -0.39 is 0 Å². The van der Waals surface area contributed by atoms with E-state index in [9.17, 15) is 0 Å². The molecule has 0 bridgehead atoms. The maximum Gasteiger partial charge on any atom is 0.0927 e. The van der Waals surface area contributed by atoms with Gasteiger partial charge < -0.3 is 0 Å². The number of benzene rings is 2. The number of hydrogen-bond donors (Lipinski definition) is 0. The van der Waals surface area contributed by atoms with Gasteiger partial charge in [-0.05, 0) is 46.7 Å². The second kappa shape index (κ2) is 5.17. The largest absolute Gasteiger partial charge is 0.281 e. The fourth-order valence-electron chi connectivity index (χ4n) is 3.98. The van der Waals surface area contributed by atoms with Crippen LogP contribution in [0.25, 0.3) is 10.8 Å². The maximum absolute atomic E-state index is 4.73. The van der Waals surface area contributed by atoms with E-state index in [1.807, 2.05) is 0 Å². The summed E-state index contributed by atoms with van der Waals surface area (Å²) in [4.78, 5) is 4.73. The molecule has 1 heteroatoms. The molecule has 1 nitrogen and oxygen atoms in total. The van der Waals surface area contributed by atoms with Crippen LogP contribution in [0.1, 0.15) is 45.7 Å². The molecule has 1 saturated carbocycles. The standard InChI is InChI=1S/C23H27N/c1-8-15-24-23(7)16(2)22(23,6)20-14-13-19(21(3,4)5)17-11-9-10-12-18(17)20/h8-15H,1-2H2,3-7H3. The highest BCUT2D eigenvalue weighted by Crippen LogP contribution is 2.65. The van der Waals surface area contributed by atoms with E-state index in [1.54, 1.807) is 12.3 Å². The molecule has 0 heterocycles. The molecule has 0 N–H and O–H groups in total. The lowest BCUT2D eigenvalue weighted by Gasteiger charge is -2.25. The first-order valence-electron chi connectivity index (χ1n) is 8.56. The monoisotopic (exact) mass is 317 g/mol. The Labute approximate surface area is 145 Å². The second-order valence-corrected chi connectivity index (χ2v) is 8.15. The van der Waals surface area contributed by atoms with Gasteiger partial charge in [0, 0.05) is 11.6 Å². The summed E-state index contributed by atoms with van der Waals surface area (Å²) in [6, 6.07) is 13.3. The molecule has 0 aliphatic heterocycles. The highest BCUT2D eigenvalue weighted by Gasteiger charge is 2.67. The zero-order chi connectivity index (χ0) is 17.8. The van der Waals surface area contributed by atoms with Gasteiger partial charge in [0.1, 0.15) is 0 Å². The van der Waals surface area contributed by atoms with Crippen LogP contribution in [0, 0.1) is 0 Å². The molecule has 0 spiro atoms. The Morgan fingerprint density at radius 3 is 2.21 bits per heavy atom. The second-order valence-electron chi connectivity index (χ2n) is 8.15. The highest BCUT2D eigenvalue weighted by atomic mass is 15.0. The lowest BCUT2D eigenvalue weighted by molar-refractivity contribution is 0.593. The molecule has 1 fully saturated rings. The molecule has 124 valence electrons. The van der Waals surface area contributed by atoms with E-state index in [4.69, 9.17) is 4.99 Å². The van der Waals surface area contributed by atoms with Crippen molar-refractivity contribution in [3.05, 3.63) is 72.3 Å². The summed E-state index contributed by atoms with van der Waals surface area (Å²) in [5, 5.41) is 2.64. The van der Waals surface area contributed by atoms with Gasteiger partial charge in [-0.3, -0.25) is 4.99 Å². The molecule has 24 heavy (non-hydrogen) atoms. The summed E-state index contributed by atoms with van der Waals surface area (Å²) in [5.41, 5.74) is 3.59. The smallest absolute Gasteiger partial charge is 0.0927 e. The Bertz CT molecular complexity index is 865. The van der Waals surface area contributed by atoms with Crippen molar-refractivity contribution in [2.75, 3.05) is 0 Å². The van der Waals surface area contributed by atoms with Gasteiger partial charge in [0.25, 0.3) is 0 Å². The predicted molar refractivity (Wildman–Crippen MR) is 106 cm³/mol. The topological polar surface area (TPSA) is 12.4 Å². The minimum absolute atomic E-state index is 0.115. The summed E-state index contributed by atoms with van der Waals surface area (Å²) in [6.07, 6.45) is 3.53. The number of hydrogen-bond acceptors (Lipinski definition) is 1. The number of allylic oxidation sites excluding steroid dienone is 1. The molecule has 1 aliphatic carbocycles. The molecule has 2 aromatic carbocycles. The van der Waals surface area contributed by atoms with Gasteiger partial charge in [-0.1, -0.05) is 76.4 Å². The molecule has 3 rings (SSSR count). The Morgan fingerprint density at radius 2 is 1.62 bits per heavy atom. The third-order valence-corrected chi connectivity index (χ3v) is 5.81. The van der Waals surface area contributed by atoms with E-state index in [2.05, 4.69) is 84.2 Å². The van der Waals surface area contributed by atoms with Gasteiger partial charge in [0.15, 0.2) is 0 Å². The molecule has 2 atom stereocenters. The van der Waals surface area contributed by atoms with Crippen LogP contribution >= 0.6 is 0 Å². The Balaban J connectivity index is 2.25. The first-order valence-corrected chi connectivity index (χ1v) is 8.56. The van der Waals surface area contributed by atoms with Crippen LogP contribution in [0.2, 0.25) is 0 Å². The molecule has 0 radical (unpaired) electrons. The van der Waals surface area contributed by atoms with Gasteiger partial charge in [-0.2, -0.15) is 0 Å². The fourth-order valence-corrected chi connectivity index (χ4v) is 3.98. The van der Waals surface area contributed by atoms with Crippen molar-refractivity contribution in [2.24, 2.45) is 4.99 Å². The minimum atomic E-state index is -0.257. The van der Waals surface area contributed by atoms with Crippen molar-refractivity contribution < 1.29 is 0 Å². The van der Waals surface area contributed by atoms with Crippen LogP contribution in [0.5, 0.6) is 0 Å². The van der Waals surface area contributed by atoms with Crippen molar-refractivity contribution >= 4 is 17.0 Å². The van der Waals surface area contributed by atoms with Crippen LogP contribution in [0.4, 0.5) is 0 Å². The summed E-state index contributed by atoms with van der Waals surface area (Å²) in [5.74, 6) is 0. The zero-order valence-corrected chi connectivity index (χ0v) is 15.5. The first kappa shape index (κ1) is 16.7. The third-order valence-electron chi connectivity index (χ3n) is 5.81. The van der Waals surface area contributed by atoms with E-state index in [0.717, 1.165) is 0 Å². The van der Waals surface area contributed by atoms with Gasteiger partial charge >= 0.3 is 0 Å². The van der Waals surface area contributed by atoms with Crippen LogP contribution in [0.3, 0.4) is 0 Å². The average molecular weight is 317 g/mol. The normalized spacial score (nSPS) is 27.0. The van der Waals surface area contributed by atoms with Crippen molar-refractivity contribution in [1.29, 1.82) is 0 Å². The molecule has 0 amide bonds. The summed E-state index contributed by atoms with van der Waals surface area (Å²) in [6.45, 7) is 19.3. The molecule has 1 aliphatic rings. The molecule has 2 aromatic rings. The van der Waals surface area contributed by atoms with Crippen LogP contribution in [0.15, 0.2) is 66.2 Å². The fraction of sp³-hybridized carbons (Fsp3) is 0.348. The van der Waals surface area contributed by atoms with Crippen molar-refractivity contribution in [3.8, 4) is 0 Å². The molecule has 0 saturated heterocycles. The van der Waals surface area contributed by atoms with E-state index in [1.165, 1.54) is 27.5 Å². The summed E-state index contributed by atoms with van der Waals surface area (Å²) >= 11 is 0. The number of nitrogens with zero attached hydrogens (tertiary/aromatic N) is 1. The van der Waals surface area contributed by atoms with Gasteiger partial charge in [-0.15, -0.1) is 0 Å². The first-order chi connectivity index (χ1) is 11.2. The lowest BCUT2D eigenvalue weighted by atomic mass is 9.80. The highest BCUT2D eigenvalue weighted by molar-refractivity contribution is 5.93. The van der Waals surface area contributed by atoms with Gasteiger partial charge in [0.2, 0.25) is 0 Å².